The lowest BCUT2D eigenvalue weighted by Crippen LogP contribution is -2.12. The monoisotopic (exact) mass is 359 g/mol. The Morgan fingerprint density at radius 2 is 1.79 bits per heavy atom. The summed E-state index contributed by atoms with van der Waals surface area (Å²) in [6.45, 7) is 0. The van der Waals surface area contributed by atoms with Gasteiger partial charge in [0.05, 0.1) is 27.5 Å². The van der Waals surface area contributed by atoms with Crippen molar-refractivity contribution in [2.45, 2.75) is 0 Å². The number of anilines is 1. The van der Waals surface area contributed by atoms with Crippen LogP contribution in [0.2, 0.25) is 10.0 Å². The highest BCUT2D eigenvalue weighted by Crippen LogP contribution is 2.35. The first-order chi connectivity index (χ1) is 11.6. The number of pyridine rings is 2. The van der Waals surface area contributed by atoms with Gasteiger partial charge >= 0.3 is 0 Å². The topological polar surface area (TPSA) is 64.1 Å². The van der Waals surface area contributed by atoms with Gasteiger partial charge in [-0.05, 0) is 30.3 Å². The third-order valence-corrected chi connectivity index (χ3v) is 3.64. The van der Waals surface area contributed by atoms with Crippen LogP contribution in [-0.4, -0.2) is 15.9 Å². The van der Waals surface area contributed by atoms with Gasteiger partial charge in [-0.15, -0.1) is 0 Å². The summed E-state index contributed by atoms with van der Waals surface area (Å²) in [4.78, 5) is 20.2. The van der Waals surface area contributed by atoms with Crippen LogP contribution in [0.5, 0.6) is 11.6 Å². The van der Waals surface area contributed by atoms with Gasteiger partial charge in [-0.3, -0.25) is 9.78 Å². The third-order valence-electron chi connectivity index (χ3n) is 3.04. The van der Waals surface area contributed by atoms with Crippen LogP contribution in [0.3, 0.4) is 0 Å². The summed E-state index contributed by atoms with van der Waals surface area (Å²) >= 11 is 12.1. The van der Waals surface area contributed by atoms with Gasteiger partial charge in [-0.1, -0.05) is 29.3 Å². The molecule has 1 aromatic carbocycles. The van der Waals surface area contributed by atoms with E-state index < -0.39 is 0 Å². The molecule has 3 aromatic rings. The fraction of sp³-hybridized carbons (Fsp3) is 0. The third kappa shape index (κ3) is 3.82. The highest BCUT2D eigenvalue weighted by atomic mass is 35.5. The standard InChI is InChI=1S/C17H11Cl2N3O2/c18-13-4-1-5-14(19)16(13)24-15-7-6-11(9-21-15)17(23)22-12-3-2-8-20-10-12/h1-10H,(H,22,23). The average molecular weight is 360 g/mol. The summed E-state index contributed by atoms with van der Waals surface area (Å²) in [6, 6.07) is 11.7. The first-order valence-electron chi connectivity index (χ1n) is 6.93. The van der Waals surface area contributed by atoms with Crippen molar-refractivity contribution in [3.8, 4) is 11.6 Å². The number of carbonyl (C=O) groups is 1. The number of halogens is 2. The van der Waals surface area contributed by atoms with Crippen molar-refractivity contribution >= 4 is 34.8 Å². The molecular weight excluding hydrogens is 349 g/mol. The zero-order chi connectivity index (χ0) is 16.9. The number of amides is 1. The van der Waals surface area contributed by atoms with Crippen molar-refractivity contribution < 1.29 is 9.53 Å². The van der Waals surface area contributed by atoms with E-state index in [4.69, 9.17) is 27.9 Å². The van der Waals surface area contributed by atoms with Crippen LogP contribution < -0.4 is 10.1 Å². The van der Waals surface area contributed by atoms with Crippen molar-refractivity contribution in [1.29, 1.82) is 0 Å². The maximum absolute atomic E-state index is 12.1. The van der Waals surface area contributed by atoms with Gasteiger partial charge in [-0.2, -0.15) is 0 Å². The maximum atomic E-state index is 12.1. The van der Waals surface area contributed by atoms with Crippen LogP contribution in [0.1, 0.15) is 10.4 Å². The van der Waals surface area contributed by atoms with E-state index in [2.05, 4.69) is 15.3 Å². The second-order valence-electron chi connectivity index (χ2n) is 4.73. The lowest BCUT2D eigenvalue weighted by Gasteiger charge is -2.09. The molecule has 120 valence electrons. The molecule has 0 aliphatic heterocycles. The molecule has 5 nitrogen and oxygen atoms in total. The summed E-state index contributed by atoms with van der Waals surface area (Å²) in [5, 5.41) is 3.48. The number of ether oxygens (including phenoxy) is 1. The molecule has 0 aliphatic carbocycles. The normalized spacial score (nSPS) is 10.2. The van der Waals surface area contributed by atoms with Gasteiger partial charge in [0.25, 0.3) is 5.91 Å². The minimum absolute atomic E-state index is 0.280. The fourth-order valence-corrected chi connectivity index (χ4v) is 2.37. The molecule has 0 saturated heterocycles. The fourth-order valence-electron chi connectivity index (χ4n) is 1.90. The van der Waals surface area contributed by atoms with Crippen molar-refractivity contribution in [3.63, 3.8) is 0 Å². The van der Waals surface area contributed by atoms with Crippen molar-refractivity contribution in [3.05, 3.63) is 76.7 Å². The lowest BCUT2D eigenvalue weighted by molar-refractivity contribution is 0.102. The van der Waals surface area contributed by atoms with Crippen LogP contribution >= 0.6 is 23.2 Å². The van der Waals surface area contributed by atoms with Crippen molar-refractivity contribution in [2.75, 3.05) is 5.32 Å². The van der Waals surface area contributed by atoms with Crippen LogP contribution in [0.25, 0.3) is 0 Å². The van der Waals surface area contributed by atoms with Crippen molar-refractivity contribution in [2.24, 2.45) is 0 Å². The maximum Gasteiger partial charge on any atom is 0.257 e. The lowest BCUT2D eigenvalue weighted by atomic mass is 10.2. The molecule has 1 N–H and O–H groups in total. The average Bonchev–Trinajstić information content (AvgIpc) is 2.60. The van der Waals surface area contributed by atoms with E-state index >= 15 is 0 Å². The first kappa shape index (κ1) is 16.2. The highest BCUT2D eigenvalue weighted by molar-refractivity contribution is 6.37. The zero-order valence-corrected chi connectivity index (χ0v) is 13.8. The summed E-state index contributed by atoms with van der Waals surface area (Å²) < 4.78 is 5.58. The molecule has 7 heteroatoms. The predicted molar refractivity (Wildman–Crippen MR) is 93.0 cm³/mol. The van der Waals surface area contributed by atoms with Gasteiger partial charge in [0.15, 0.2) is 5.75 Å². The largest absolute Gasteiger partial charge is 0.436 e. The Hall–Kier alpha value is -2.63. The molecule has 3 rings (SSSR count). The Bertz CT molecular complexity index is 835. The molecule has 0 unspecified atom stereocenters. The molecule has 1 amide bonds. The number of rotatable bonds is 4. The molecule has 24 heavy (non-hydrogen) atoms. The number of nitrogens with zero attached hydrogens (tertiary/aromatic N) is 2. The smallest absolute Gasteiger partial charge is 0.257 e. The van der Waals surface area contributed by atoms with Crippen LogP contribution in [0, 0.1) is 0 Å². The number of aromatic nitrogens is 2. The zero-order valence-electron chi connectivity index (χ0n) is 12.2. The molecule has 0 atom stereocenters. The second-order valence-corrected chi connectivity index (χ2v) is 5.55. The minimum atomic E-state index is -0.294. The number of hydrogen-bond donors (Lipinski definition) is 1. The molecule has 0 spiro atoms. The van der Waals surface area contributed by atoms with E-state index in [0.717, 1.165) is 0 Å². The van der Waals surface area contributed by atoms with Crippen molar-refractivity contribution in [1.82, 2.24) is 9.97 Å². The molecular formula is C17H11Cl2N3O2. The van der Waals surface area contributed by atoms with Crippen LogP contribution in [-0.2, 0) is 0 Å². The Labute approximate surface area is 148 Å². The summed E-state index contributed by atoms with van der Waals surface area (Å²) in [5.41, 5.74) is 0.988. The Morgan fingerprint density at radius 3 is 2.42 bits per heavy atom. The van der Waals surface area contributed by atoms with E-state index in [-0.39, 0.29) is 11.8 Å². The molecule has 2 aromatic heterocycles. The summed E-state index contributed by atoms with van der Waals surface area (Å²) in [7, 11) is 0. The van der Waals surface area contributed by atoms with Gasteiger partial charge in [0.1, 0.15) is 0 Å². The molecule has 2 heterocycles. The first-order valence-corrected chi connectivity index (χ1v) is 7.68. The number of benzene rings is 1. The number of hydrogen-bond acceptors (Lipinski definition) is 4. The van der Waals surface area contributed by atoms with E-state index in [0.29, 0.717) is 27.0 Å². The van der Waals surface area contributed by atoms with E-state index in [1.165, 1.54) is 6.20 Å². The quantitative estimate of drug-likeness (QED) is 0.724. The Morgan fingerprint density at radius 1 is 1.00 bits per heavy atom. The van der Waals surface area contributed by atoms with Crippen LogP contribution in [0.15, 0.2) is 61.1 Å². The van der Waals surface area contributed by atoms with E-state index in [9.17, 15) is 4.79 Å². The van der Waals surface area contributed by atoms with E-state index in [1.54, 1.807) is 54.9 Å². The van der Waals surface area contributed by atoms with Crippen LogP contribution in [0.4, 0.5) is 5.69 Å². The summed E-state index contributed by atoms with van der Waals surface area (Å²) in [5.74, 6) is 0.307. The molecule has 0 aliphatic rings. The number of para-hydroxylation sites is 1. The minimum Gasteiger partial charge on any atom is -0.436 e. The van der Waals surface area contributed by atoms with Gasteiger partial charge in [0, 0.05) is 18.5 Å². The van der Waals surface area contributed by atoms with Gasteiger partial charge < -0.3 is 10.1 Å². The molecule has 0 saturated carbocycles. The molecule has 0 radical (unpaired) electrons. The van der Waals surface area contributed by atoms with E-state index in [1.807, 2.05) is 0 Å². The van der Waals surface area contributed by atoms with Gasteiger partial charge in [-0.25, -0.2) is 4.98 Å². The molecule has 0 bridgehead atoms. The number of nitrogens with one attached hydrogen (secondary N) is 1. The summed E-state index contributed by atoms with van der Waals surface area (Å²) in [6.07, 6.45) is 4.59. The number of carbonyl (C=O) groups excluding carboxylic acids is 1. The SMILES string of the molecule is O=C(Nc1cccnc1)c1ccc(Oc2c(Cl)cccc2Cl)nc1. The second kappa shape index (κ2) is 7.29. The van der Waals surface area contributed by atoms with Gasteiger partial charge in [0.2, 0.25) is 5.88 Å². The predicted octanol–water partition coefficient (Wildman–Crippen LogP) is 4.83. The highest BCUT2D eigenvalue weighted by Gasteiger charge is 2.11. The Balaban J connectivity index is 1.72. The molecule has 0 fully saturated rings. The Kier molecular flexibility index (Phi) is 4.93.